The molecule has 0 atom stereocenters. The van der Waals surface area contributed by atoms with Gasteiger partial charge >= 0.3 is 0 Å². The molecule has 0 spiro atoms. The second-order valence-electron chi connectivity index (χ2n) is 6.87. The first kappa shape index (κ1) is 27.0. The Labute approximate surface area is 202 Å². The van der Waals surface area contributed by atoms with Crippen molar-refractivity contribution in [1.29, 1.82) is 0 Å². The molecule has 0 fully saturated rings. The normalized spacial score (nSPS) is 11.6. The summed E-state index contributed by atoms with van der Waals surface area (Å²) in [5.74, 6) is 2.19. The number of benzene rings is 2. The lowest BCUT2D eigenvalue weighted by Gasteiger charge is -2.23. The van der Waals surface area contributed by atoms with Gasteiger partial charge in [0.05, 0.1) is 19.1 Å². The number of hydrogen-bond acceptors (Lipinski definition) is 5. The minimum atomic E-state index is -3.43. The number of methoxy groups -OCH3 is 2. The highest BCUT2D eigenvalue weighted by atomic mass is 127. The zero-order valence-electron chi connectivity index (χ0n) is 18.7. The number of nitrogens with one attached hydrogen (secondary N) is 1. The second kappa shape index (κ2) is 12.1. The molecule has 0 aliphatic heterocycles. The van der Waals surface area contributed by atoms with Crippen molar-refractivity contribution in [3.05, 3.63) is 53.6 Å². The van der Waals surface area contributed by atoms with E-state index in [0.717, 1.165) is 22.6 Å². The Morgan fingerprint density at radius 1 is 1.03 bits per heavy atom. The number of aliphatic imine (C=N–C) groups is 1. The highest BCUT2D eigenvalue weighted by Gasteiger charge is 2.16. The van der Waals surface area contributed by atoms with Crippen molar-refractivity contribution in [3.63, 3.8) is 0 Å². The summed E-state index contributed by atoms with van der Waals surface area (Å²) < 4.78 is 36.3. The largest absolute Gasteiger partial charge is 0.497 e. The van der Waals surface area contributed by atoms with Crippen molar-refractivity contribution in [2.24, 2.45) is 4.99 Å². The Bertz CT molecular complexity index is 979. The minimum Gasteiger partial charge on any atom is -0.497 e. The van der Waals surface area contributed by atoms with E-state index in [2.05, 4.69) is 10.3 Å². The van der Waals surface area contributed by atoms with Crippen LogP contribution in [0.2, 0.25) is 0 Å². The number of rotatable bonds is 8. The lowest BCUT2D eigenvalue weighted by Crippen LogP contribution is -2.38. The number of sulfonamides is 1. The molecule has 0 bridgehead atoms. The van der Waals surface area contributed by atoms with Crippen LogP contribution in [-0.4, -0.2) is 66.0 Å². The highest BCUT2D eigenvalue weighted by molar-refractivity contribution is 14.0. The summed E-state index contributed by atoms with van der Waals surface area (Å²) >= 11 is 0. The second-order valence-corrected chi connectivity index (χ2v) is 9.02. The molecule has 1 N–H and O–H groups in total. The average Bonchev–Trinajstić information content (AvgIpc) is 2.74. The Morgan fingerprint density at radius 3 is 2.19 bits per heavy atom. The molecule has 0 saturated carbocycles. The Balaban J connectivity index is 0.00000480. The van der Waals surface area contributed by atoms with Gasteiger partial charge in [0, 0.05) is 52.9 Å². The number of nitrogens with zero attached hydrogens (tertiary/aromatic N) is 3. The molecule has 2 aromatic rings. The van der Waals surface area contributed by atoms with Crippen molar-refractivity contribution in [2.45, 2.75) is 18.0 Å². The molecule has 0 amide bonds. The van der Waals surface area contributed by atoms with Gasteiger partial charge in [0.15, 0.2) is 5.96 Å². The first-order valence-corrected chi connectivity index (χ1v) is 10.8. The summed E-state index contributed by atoms with van der Waals surface area (Å²) in [7, 11) is 6.51. The molecule has 0 aliphatic rings. The van der Waals surface area contributed by atoms with E-state index in [4.69, 9.17) is 9.47 Å². The lowest BCUT2D eigenvalue weighted by atomic mass is 10.2. The number of guanidine groups is 1. The average molecular weight is 562 g/mol. The summed E-state index contributed by atoms with van der Waals surface area (Å²) in [6.07, 6.45) is 0. The van der Waals surface area contributed by atoms with Crippen molar-refractivity contribution in [3.8, 4) is 11.5 Å². The van der Waals surface area contributed by atoms with Gasteiger partial charge in [0.2, 0.25) is 10.0 Å². The van der Waals surface area contributed by atoms with Gasteiger partial charge in [-0.15, -0.1) is 24.0 Å². The third-order valence-electron chi connectivity index (χ3n) is 4.63. The van der Waals surface area contributed by atoms with Gasteiger partial charge in [-0.25, -0.2) is 12.7 Å². The Kier molecular flexibility index (Phi) is 10.5. The zero-order valence-corrected chi connectivity index (χ0v) is 21.9. The molecule has 2 aromatic carbocycles. The van der Waals surface area contributed by atoms with Crippen LogP contribution < -0.4 is 14.8 Å². The summed E-state index contributed by atoms with van der Waals surface area (Å²) in [6.45, 7) is 1.10. The van der Waals surface area contributed by atoms with E-state index in [0.29, 0.717) is 19.0 Å². The Hall–Kier alpha value is -2.05. The van der Waals surface area contributed by atoms with Crippen LogP contribution in [0, 0.1) is 0 Å². The van der Waals surface area contributed by atoms with Crippen molar-refractivity contribution in [2.75, 3.05) is 42.4 Å². The summed E-state index contributed by atoms with van der Waals surface area (Å²) in [5.41, 5.74) is 1.95. The van der Waals surface area contributed by atoms with Gasteiger partial charge in [-0.1, -0.05) is 12.1 Å². The van der Waals surface area contributed by atoms with Crippen LogP contribution in [0.4, 0.5) is 0 Å². The summed E-state index contributed by atoms with van der Waals surface area (Å²) in [6, 6.07) is 12.5. The van der Waals surface area contributed by atoms with E-state index in [-0.39, 0.29) is 28.9 Å². The maximum Gasteiger partial charge on any atom is 0.242 e. The van der Waals surface area contributed by atoms with E-state index in [9.17, 15) is 8.42 Å². The molecular weight excluding hydrogens is 531 g/mol. The number of ether oxygens (including phenoxy) is 2. The van der Waals surface area contributed by atoms with Crippen molar-refractivity contribution >= 4 is 40.0 Å². The van der Waals surface area contributed by atoms with E-state index in [1.807, 2.05) is 30.1 Å². The molecule has 0 aromatic heterocycles. The van der Waals surface area contributed by atoms with Crippen LogP contribution in [0.25, 0.3) is 0 Å². The molecule has 0 aliphatic carbocycles. The van der Waals surface area contributed by atoms with Gasteiger partial charge in [-0.3, -0.25) is 4.99 Å². The molecule has 10 heteroatoms. The number of halogens is 1. The van der Waals surface area contributed by atoms with E-state index in [1.54, 1.807) is 45.5 Å². The fourth-order valence-electron chi connectivity index (χ4n) is 2.87. The lowest BCUT2D eigenvalue weighted by molar-refractivity contribution is 0.382. The first-order valence-electron chi connectivity index (χ1n) is 9.37. The zero-order chi connectivity index (χ0) is 22.3. The quantitative estimate of drug-likeness (QED) is 0.303. The molecule has 172 valence electrons. The fourth-order valence-corrected chi connectivity index (χ4v) is 3.77. The van der Waals surface area contributed by atoms with Gasteiger partial charge in [0.25, 0.3) is 0 Å². The fraction of sp³-hybridized carbons (Fsp3) is 0.381. The van der Waals surface area contributed by atoms with E-state index in [1.165, 1.54) is 18.4 Å². The van der Waals surface area contributed by atoms with Gasteiger partial charge in [-0.05, 0) is 29.8 Å². The van der Waals surface area contributed by atoms with E-state index < -0.39 is 10.0 Å². The third kappa shape index (κ3) is 6.97. The van der Waals surface area contributed by atoms with Gasteiger partial charge in [0.1, 0.15) is 11.5 Å². The molecule has 0 heterocycles. The SMILES string of the molecule is CN=C(NCc1ccc(S(=O)(=O)N(C)C)cc1)N(C)Cc1ccc(OC)cc1OC.I. The van der Waals surface area contributed by atoms with Crippen LogP contribution in [0.3, 0.4) is 0 Å². The molecule has 8 nitrogen and oxygen atoms in total. The van der Waals surface area contributed by atoms with Crippen LogP contribution in [-0.2, 0) is 23.1 Å². The maximum atomic E-state index is 12.2. The van der Waals surface area contributed by atoms with Crippen molar-refractivity contribution < 1.29 is 17.9 Å². The van der Waals surface area contributed by atoms with Crippen molar-refractivity contribution in [1.82, 2.24) is 14.5 Å². The van der Waals surface area contributed by atoms with Crippen LogP contribution >= 0.6 is 24.0 Å². The van der Waals surface area contributed by atoms with Crippen LogP contribution in [0.1, 0.15) is 11.1 Å². The number of hydrogen-bond donors (Lipinski definition) is 1. The highest BCUT2D eigenvalue weighted by Crippen LogP contribution is 2.25. The predicted molar refractivity (Wildman–Crippen MR) is 134 cm³/mol. The first-order chi connectivity index (χ1) is 14.2. The molecule has 0 unspecified atom stereocenters. The standard InChI is InChI=1S/C21H30N4O4S.HI/c1-22-21(25(4)15-17-9-10-18(28-5)13-20(17)29-6)23-14-16-7-11-19(12-8-16)30(26,27)24(2)3;/h7-13H,14-15H2,1-6H3,(H,22,23);1H. The topological polar surface area (TPSA) is 83.5 Å². The van der Waals surface area contributed by atoms with Gasteiger partial charge in [-0.2, -0.15) is 0 Å². The van der Waals surface area contributed by atoms with Crippen LogP contribution in [0.15, 0.2) is 52.4 Å². The maximum absolute atomic E-state index is 12.2. The molecular formula is C21H31IN4O4S. The molecule has 31 heavy (non-hydrogen) atoms. The molecule has 0 radical (unpaired) electrons. The Morgan fingerprint density at radius 2 is 1.68 bits per heavy atom. The summed E-state index contributed by atoms with van der Waals surface area (Å²) in [5, 5.41) is 3.30. The molecule has 2 rings (SSSR count). The van der Waals surface area contributed by atoms with Gasteiger partial charge < -0.3 is 19.7 Å². The van der Waals surface area contributed by atoms with E-state index >= 15 is 0 Å². The summed E-state index contributed by atoms with van der Waals surface area (Å²) in [4.78, 5) is 6.58. The predicted octanol–water partition coefficient (Wildman–Crippen LogP) is 2.78. The third-order valence-corrected chi connectivity index (χ3v) is 6.46. The van der Waals surface area contributed by atoms with Crippen LogP contribution in [0.5, 0.6) is 11.5 Å². The smallest absolute Gasteiger partial charge is 0.242 e. The minimum absolute atomic E-state index is 0. The molecule has 0 saturated heterocycles. The monoisotopic (exact) mass is 562 g/mol.